The number of benzene rings is 1. The third-order valence-corrected chi connectivity index (χ3v) is 5.02. The van der Waals surface area contributed by atoms with E-state index in [1.807, 2.05) is 30.0 Å². The summed E-state index contributed by atoms with van der Waals surface area (Å²) in [5, 5.41) is 15.0. The molecule has 0 aliphatic carbocycles. The van der Waals surface area contributed by atoms with Crippen LogP contribution in [-0.2, 0) is 0 Å². The number of hydrogen-bond donors (Lipinski definition) is 2. The Labute approximate surface area is 123 Å². The summed E-state index contributed by atoms with van der Waals surface area (Å²) < 4.78 is 5.85. The molecule has 4 heteroatoms. The molecule has 20 heavy (non-hydrogen) atoms. The second kappa shape index (κ2) is 5.80. The Balaban J connectivity index is 1.65. The number of para-hydroxylation sites is 1. The first-order valence-corrected chi connectivity index (χ1v) is 8.34. The number of hydrogen-bond acceptors (Lipinski definition) is 4. The van der Waals surface area contributed by atoms with E-state index < -0.39 is 5.60 Å². The van der Waals surface area contributed by atoms with E-state index in [9.17, 15) is 5.11 Å². The Kier molecular flexibility index (Phi) is 4.06. The highest BCUT2D eigenvalue weighted by molar-refractivity contribution is 7.99. The predicted molar refractivity (Wildman–Crippen MR) is 84.1 cm³/mol. The molecule has 1 aromatic heterocycles. The van der Waals surface area contributed by atoms with Crippen molar-refractivity contribution in [3.63, 3.8) is 0 Å². The monoisotopic (exact) mass is 291 g/mol. The lowest BCUT2D eigenvalue weighted by atomic mass is 9.96. The Bertz CT molecular complexity index is 542. The topological polar surface area (TPSA) is 45.4 Å². The summed E-state index contributed by atoms with van der Waals surface area (Å²) in [5.41, 5.74) is 0.370. The minimum Gasteiger partial charge on any atom is -0.459 e. The van der Waals surface area contributed by atoms with E-state index in [1.165, 1.54) is 0 Å². The van der Waals surface area contributed by atoms with Crippen LogP contribution in [0, 0.1) is 0 Å². The van der Waals surface area contributed by atoms with Gasteiger partial charge in [0.1, 0.15) is 11.3 Å². The SMILES string of the molecule is CC(NCC1(O)CCSCC1)c1cc2ccccc2o1. The molecule has 1 saturated heterocycles. The van der Waals surface area contributed by atoms with Crippen molar-refractivity contribution in [2.45, 2.75) is 31.4 Å². The number of aliphatic hydroxyl groups is 1. The predicted octanol–water partition coefficient (Wildman–Crippen LogP) is 3.34. The summed E-state index contributed by atoms with van der Waals surface area (Å²) in [6.07, 6.45) is 1.75. The van der Waals surface area contributed by atoms with Crippen molar-refractivity contribution in [1.82, 2.24) is 5.32 Å². The van der Waals surface area contributed by atoms with Gasteiger partial charge in [-0.05, 0) is 43.4 Å². The van der Waals surface area contributed by atoms with Gasteiger partial charge >= 0.3 is 0 Å². The fourth-order valence-corrected chi connectivity index (χ4v) is 3.84. The van der Waals surface area contributed by atoms with Crippen molar-refractivity contribution in [3.8, 4) is 0 Å². The third kappa shape index (κ3) is 3.03. The Morgan fingerprint density at radius 1 is 1.35 bits per heavy atom. The van der Waals surface area contributed by atoms with Gasteiger partial charge in [-0.3, -0.25) is 0 Å². The maximum Gasteiger partial charge on any atom is 0.134 e. The zero-order valence-electron chi connectivity index (χ0n) is 11.8. The molecule has 0 amide bonds. The quantitative estimate of drug-likeness (QED) is 0.907. The molecule has 1 fully saturated rings. The molecular formula is C16H21NO2S. The van der Waals surface area contributed by atoms with Crippen LogP contribution in [0.5, 0.6) is 0 Å². The number of furan rings is 1. The van der Waals surface area contributed by atoms with E-state index in [0.717, 1.165) is 41.1 Å². The van der Waals surface area contributed by atoms with Crippen LogP contribution in [-0.4, -0.2) is 28.8 Å². The van der Waals surface area contributed by atoms with Crippen LogP contribution < -0.4 is 5.32 Å². The lowest BCUT2D eigenvalue weighted by Gasteiger charge is -2.32. The van der Waals surface area contributed by atoms with Crippen LogP contribution in [0.25, 0.3) is 11.0 Å². The molecule has 0 radical (unpaired) electrons. The average molecular weight is 291 g/mol. The molecule has 3 rings (SSSR count). The van der Waals surface area contributed by atoms with Crippen LogP contribution in [0.15, 0.2) is 34.7 Å². The van der Waals surface area contributed by atoms with Crippen LogP contribution in [0.2, 0.25) is 0 Å². The lowest BCUT2D eigenvalue weighted by Crippen LogP contribution is -2.44. The Hall–Kier alpha value is -0.970. The van der Waals surface area contributed by atoms with Crippen molar-refractivity contribution in [3.05, 3.63) is 36.1 Å². The van der Waals surface area contributed by atoms with Gasteiger partial charge in [-0.1, -0.05) is 18.2 Å². The number of nitrogens with one attached hydrogen (secondary N) is 1. The maximum absolute atomic E-state index is 10.5. The van der Waals surface area contributed by atoms with Crippen LogP contribution in [0.4, 0.5) is 0 Å². The zero-order valence-corrected chi connectivity index (χ0v) is 12.6. The molecule has 0 spiro atoms. The van der Waals surface area contributed by atoms with E-state index in [2.05, 4.69) is 24.4 Å². The largest absolute Gasteiger partial charge is 0.459 e. The molecule has 108 valence electrons. The van der Waals surface area contributed by atoms with Crippen LogP contribution in [0.3, 0.4) is 0 Å². The highest BCUT2D eigenvalue weighted by Gasteiger charge is 2.29. The first-order chi connectivity index (χ1) is 9.66. The molecule has 3 nitrogen and oxygen atoms in total. The van der Waals surface area contributed by atoms with Crippen LogP contribution in [0.1, 0.15) is 31.6 Å². The van der Waals surface area contributed by atoms with E-state index in [1.54, 1.807) is 0 Å². The average Bonchev–Trinajstić information content (AvgIpc) is 2.89. The maximum atomic E-state index is 10.5. The zero-order chi connectivity index (χ0) is 14.0. The van der Waals surface area contributed by atoms with E-state index in [-0.39, 0.29) is 6.04 Å². The van der Waals surface area contributed by atoms with Gasteiger partial charge in [0.05, 0.1) is 11.6 Å². The van der Waals surface area contributed by atoms with Gasteiger partial charge < -0.3 is 14.8 Å². The molecule has 0 saturated carbocycles. The third-order valence-electron chi connectivity index (χ3n) is 4.03. The van der Waals surface area contributed by atoms with Gasteiger partial charge in [0.25, 0.3) is 0 Å². The fraction of sp³-hybridized carbons (Fsp3) is 0.500. The molecule has 2 aromatic rings. The molecule has 1 unspecified atom stereocenters. The fourth-order valence-electron chi connectivity index (χ4n) is 2.59. The molecule has 1 aromatic carbocycles. The summed E-state index contributed by atoms with van der Waals surface area (Å²) in [7, 11) is 0. The number of rotatable bonds is 4. The summed E-state index contributed by atoms with van der Waals surface area (Å²) in [6, 6.07) is 10.2. The molecule has 0 bridgehead atoms. The second-order valence-electron chi connectivity index (χ2n) is 5.63. The first-order valence-electron chi connectivity index (χ1n) is 7.18. The minimum atomic E-state index is -0.550. The highest BCUT2D eigenvalue weighted by Crippen LogP contribution is 2.28. The molecule has 1 aliphatic heterocycles. The molecule has 2 heterocycles. The summed E-state index contributed by atoms with van der Waals surface area (Å²) in [4.78, 5) is 0. The van der Waals surface area contributed by atoms with E-state index >= 15 is 0 Å². The number of fused-ring (bicyclic) bond motifs is 1. The summed E-state index contributed by atoms with van der Waals surface area (Å²) >= 11 is 1.92. The Morgan fingerprint density at radius 3 is 2.85 bits per heavy atom. The molecule has 2 N–H and O–H groups in total. The van der Waals surface area contributed by atoms with Crippen molar-refractivity contribution in [2.24, 2.45) is 0 Å². The van der Waals surface area contributed by atoms with Gasteiger partial charge in [0, 0.05) is 11.9 Å². The normalized spacial score (nSPS) is 20.1. The van der Waals surface area contributed by atoms with Crippen molar-refractivity contribution >= 4 is 22.7 Å². The van der Waals surface area contributed by atoms with E-state index in [0.29, 0.717) is 6.54 Å². The summed E-state index contributed by atoms with van der Waals surface area (Å²) in [5.74, 6) is 3.04. The van der Waals surface area contributed by atoms with Gasteiger partial charge in [0.15, 0.2) is 0 Å². The minimum absolute atomic E-state index is 0.112. The summed E-state index contributed by atoms with van der Waals surface area (Å²) in [6.45, 7) is 2.71. The highest BCUT2D eigenvalue weighted by atomic mass is 32.2. The smallest absolute Gasteiger partial charge is 0.134 e. The molecule has 1 atom stereocenters. The number of thioether (sulfide) groups is 1. The van der Waals surface area contributed by atoms with Gasteiger partial charge in [-0.15, -0.1) is 0 Å². The Morgan fingerprint density at radius 2 is 2.10 bits per heavy atom. The second-order valence-corrected chi connectivity index (χ2v) is 6.85. The van der Waals surface area contributed by atoms with Gasteiger partial charge in [-0.2, -0.15) is 11.8 Å². The van der Waals surface area contributed by atoms with Gasteiger partial charge in [0.2, 0.25) is 0 Å². The van der Waals surface area contributed by atoms with Crippen molar-refractivity contribution < 1.29 is 9.52 Å². The van der Waals surface area contributed by atoms with Gasteiger partial charge in [-0.25, -0.2) is 0 Å². The molecular weight excluding hydrogens is 270 g/mol. The van der Waals surface area contributed by atoms with Crippen molar-refractivity contribution in [1.29, 1.82) is 0 Å². The van der Waals surface area contributed by atoms with Crippen molar-refractivity contribution in [2.75, 3.05) is 18.1 Å². The standard InChI is InChI=1S/C16H21NO2S/c1-12(17-11-16(18)6-8-20-9-7-16)15-10-13-4-2-3-5-14(13)19-15/h2-5,10,12,17-18H,6-9,11H2,1H3. The lowest BCUT2D eigenvalue weighted by molar-refractivity contribution is 0.0295. The van der Waals surface area contributed by atoms with Crippen LogP contribution >= 0.6 is 11.8 Å². The first kappa shape index (κ1) is 14.0. The van der Waals surface area contributed by atoms with E-state index in [4.69, 9.17) is 4.42 Å². The molecule has 1 aliphatic rings.